The number of carbonyl (C=O) groups excluding carboxylic acids is 1. The van der Waals surface area contributed by atoms with E-state index in [4.69, 9.17) is 5.11 Å². The summed E-state index contributed by atoms with van der Waals surface area (Å²) >= 11 is 3.19. The van der Waals surface area contributed by atoms with Crippen molar-refractivity contribution in [2.24, 2.45) is 0 Å². The van der Waals surface area contributed by atoms with E-state index >= 15 is 0 Å². The molecule has 1 aromatic heterocycles. The van der Waals surface area contributed by atoms with Gasteiger partial charge in [0, 0.05) is 10.5 Å². The Kier molecular flexibility index (Phi) is 3.94. The van der Waals surface area contributed by atoms with Crippen LogP contribution in [0.15, 0.2) is 39.6 Å². The molecular weight excluding hydrogens is 330 g/mol. The number of rotatable bonds is 3. The molecule has 20 heavy (non-hydrogen) atoms. The zero-order valence-electron chi connectivity index (χ0n) is 9.88. The molecule has 0 saturated heterocycles. The van der Waals surface area contributed by atoms with Gasteiger partial charge in [-0.15, -0.1) is 0 Å². The number of amides is 1. The van der Waals surface area contributed by atoms with Crippen molar-refractivity contribution in [3.8, 4) is 0 Å². The molecule has 0 fully saturated rings. The van der Waals surface area contributed by atoms with Crippen LogP contribution in [0.5, 0.6) is 0 Å². The summed E-state index contributed by atoms with van der Waals surface area (Å²) in [4.78, 5) is 33.8. The molecule has 0 aliphatic carbocycles. The lowest BCUT2D eigenvalue weighted by molar-refractivity contribution is 0.0698. The normalized spacial score (nSPS) is 10.1. The number of hydrogen-bond acceptors (Lipinski definition) is 4. The molecule has 0 unspecified atom stereocenters. The number of hydrogen-bond donors (Lipinski definition) is 3. The molecule has 7 nitrogen and oxygen atoms in total. The predicted molar refractivity (Wildman–Crippen MR) is 73.9 cm³/mol. The van der Waals surface area contributed by atoms with Crippen molar-refractivity contribution in [2.45, 2.75) is 0 Å². The van der Waals surface area contributed by atoms with Crippen LogP contribution in [0.3, 0.4) is 0 Å². The van der Waals surface area contributed by atoms with Gasteiger partial charge in [-0.25, -0.2) is 9.89 Å². The third-order valence-corrected chi connectivity index (χ3v) is 2.87. The molecule has 0 spiro atoms. The molecule has 0 saturated carbocycles. The van der Waals surface area contributed by atoms with E-state index in [1.54, 1.807) is 6.07 Å². The van der Waals surface area contributed by atoms with Crippen molar-refractivity contribution < 1.29 is 14.7 Å². The SMILES string of the molecule is O=C(Nc1cc(Br)ccc1C(=O)O)c1ccc(=O)[nH]n1. The summed E-state index contributed by atoms with van der Waals surface area (Å²) in [5, 5.41) is 17.2. The predicted octanol–water partition coefficient (Wildman–Crippen LogP) is 1.48. The summed E-state index contributed by atoms with van der Waals surface area (Å²) in [5.74, 6) is -1.79. The first kappa shape index (κ1) is 13.9. The zero-order chi connectivity index (χ0) is 14.7. The van der Waals surface area contributed by atoms with Gasteiger partial charge < -0.3 is 10.4 Å². The molecule has 0 atom stereocenters. The van der Waals surface area contributed by atoms with E-state index in [2.05, 4.69) is 31.4 Å². The average Bonchev–Trinajstić information content (AvgIpc) is 2.39. The summed E-state index contributed by atoms with van der Waals surface area (Å²) in [6.07, 6.45) is 0. The highest BCUT2D eigenvalue weighted by Gasteiger charge is 2.14. The molecule has 1 heterocycles. The number of nitrogens with zero attached hydrogens (tertiary/aromatic N) is 1. The van der Waals surface area contributed by atoms with Crippen LogP contribution < -0.4 is 10.9 Å². The number of H-pyrrole nitrogens is 1. The zero-order valence-corrected chi connectivity index (χ0v) is 11.5. The quantitative estimate of drug-likeness (QED) is 0.785. The van der Waals surface area contributed by atoms with Crippen molar-refractivity contribution in [3.05, 3.63) is 56.4 Å². The molecule has 2 aromatic rings. The van der Waals surface area contributed by atoms with Gasteiger partial charge in [-0.3, -0.25) is 9.59 Å². The summed E-state index contributed by atoms with van der Waals surface area (Å²) in [6, 6.07) is 6.78. The topological polar surface area (TPSA) is 112 Å². The highest BCUT2D eigenvalue weighted by molar-refractivity contribution is 9.10. The maximum atomic E-state index is 11.9. The number of aromatic amines is 1. The Bertz CT molecular complexity index is 721. The number of carbonyl (C=O) groups is 2. The molecule has 0 aliphatic rings. The first-order chi connectivity index (χ1) is 9.47. The Labute approximate surface area is 120 Å². The number of aromatic nitrogens is 2. The molecule has 0 bridgehead atoms. The number of aromatic carboxylic acids is 1. The van der Waals surface area contributed by atoms with Crippen LogP contribution in [-0.4, -0.2) is 27.2 Å². The largest absolute Gasteiger partial charge is 0.478 e. The summed E-state index contributed by atoms with van der Waals surface area (Å²) in [5.41, 5.74) is -0.382. The van der Waals surface area contributed by atoms with E-state index in [-0.39, 0.29) is 16.9 Å². The Morgan fingerprint density at radius 3 is 2.60 bits per heavy atom. The number of halogens is 1. The van der Waals surface area contributed by atoms with Crippen molar-refractivity contribution in [1.29, 1.82) is 0 Å². The van der Waals surface area contributed by atoms with Crippen LogP contribution in [0.25, 0.3) is 0 Å². The first-order valence-corrected chi connectivity index (χ1v) is 6.16. The summed E-state index contributed by atoms with van der Waals surface area (Å²) in [7, 11) is 0. The van der Waals surface area contributed by atoms with Crippen LogP contribution in [0, 0.1) is 0 Å². The minimum Gasteiger partial charge on any atom is -0.478 e. The third-order valence-electron chi connectivity index (χ3n) is 2.37. The molecule has 8 heteroatoms. The van der Waals surface area contributed by atoms with Crippen LogP contribution in [0.2, 0.25) is 0 Å². The second-order valence-corrected chi connectivity index (χ2v) is 4.67. The fourth-order valence-corrected chi connectivity index (χ4v) is 1.82. The number of carboxylic acids is 1. The van der Waals surface area contributed by atoms with Crippen LogP contribution in [-0.2, 0) is 0 Å². The van der Waals surface area contributed by atoms with Crippen molar-refractivity contribution >= 4 is 33.5 Å². The van der Waals surface area contributed by atoms with E-state index in [1.807, 2.05) is 0 Å². The number of anilines is 1. The van der Waals surface area contributed by atoms with Gasteiger partial charge in [0.2, 0.25) is 0 Å². The third kappa shape index (κ3) is 3.09. The second kappa shape index (κ2) is 5.66. The van der Waals surface area contributed by atoms with E-state index < -0.39 is 17.4 Å². The lowest BCUT2D eigenvalue weighted by Gasteiger charge is -2.08. The van der Waals surface area contributed by atoms with Gasteiger partial charge in [0.05, 0.1) is 11.3 Å². The Morgan fingerprint density at radius 2 is 2.00 bits per heavy atom. The van der Waals surface area contributed by atoms with Gasteiger partial charge in [-0.2, -0.15) is 5.10 Å². The minimum absolute atomic E-state index is 0.0269. The van der Waals surface area contributed by atoms with Gasteiger partial charge in [0.15, 0.2) is 0 Å². The average molecular weight is 338 g/mol. The maximum absolute atomic E-state index is 11.9. The van der Waals surface area contributed by atoms with Crippen molar-refractivity contribution in [1.82, 2.24) is 10.2 Å². The lowest BCUT2D eigenvalue weighted by Crippen LogP contribution is -2.19. The van der Waals surface area contributed by atoms with Crippen LogP contribution in [0.1, 0.15) is 20.8 Å². The molecule has 1 aromatic carbocycles. The van der Waals surface area contributed by atoms with Crippen molar-refractivity contribution in [3.63, 3.8) is 0 Å². The van der Waals surface area contributed by atoms with Gasteiger partial charge in [-0.1, -0.05) is 15.9 Å². The molecule has 0 radical (unpaired) electrons. The number of nitrogens with one attached hydrogen (secondary N) is 2. The molecule has 3 N–H and O–H groups in total. The van der Waals surface area contributed by atoms with Gasteiger partial charge >= 0.3 is 5.97 Å². The highest BCUT2D eigenvalue weighted by atomic mass is 79.9. The number of benzene rings is 1. The number of carboxylic acid groups (broad SMARTS) is 1. The van der Waals surface area contributed by atoms with Gasteiger partial charge in [-0.05, 0) is 24.3 Å². The Balaban J connectivity index is 2.32. The second-order valence-electron chi connectivity index (χ2n) is 3.76. The van der Waals surface area contributed by atoms with Crippen LogP contribution >= 0.6 is 15.9 Å². The smallest absolute Gasteiger partial charge is 0.337 e. The summed E-state index contributed by atoms with van der Waals surface area (Å²) in [6.45, 7) is 0. The minimum atomic E-state index is -1.16. The van der Waals surface area contributed by atoms with E-state index in [1.165, 1.54) is 18.2 Å². The standard InChI is InChI=1S/C12H8BrN3O4/c13-6-1-2-7(12(19)20)9(5-6)14-11(18)8-3-4-10(17)16-15-8/h1-5H,(H,14,18)(H,16,17)(H,19,20). The molecule has 0 aliphatic heterocycles. The Hall–Kier alpha value is -2.48. The first-order valence-electron chi connectivity index (χ1n) is 5.37. The molecular formula is C12H8BrN3O4. The fourth-order valence-electron chi connectivity index (χ4n) is 1.46. The summed E-state index contributed by atoms with van der Waals surface area (Å²) < 4.78 is 0.618. The lowest BCUT2D eigenvalue weighted by atomic mass is 10.1. The molecule has 102 valence electrons. The monoisotopic (exact) mass is 337 g/mol. The van der Waals surface area contributed by atoms with Crippen LogP contribution in [0.4, 0.5) is 5.69 Å². The molecule has 2 rings (SSSR count). The van der Waals surface area contributed by atoms with Gasteiger partial charge in [0.1, 0.15) is 5.69 Å². The fraction of sp³-hybridized carbons (Fsp3) is 0. The van der Waals surface area contributed by atoms with E-state index in [9.17, 15) is 14.4 Å². The van der Waals surface area contributed by atoms with E-state index in [0.717, 1.165) is 6.07 Å². The van der Waals surface area contributed by atoms with Gasteiger partial charge in [0.25, 0.3) is 11.5 Å². The van der Waals surface area contributed by atoms with Crippen molar-refractivity contribution in [2.75, 3.05) is 5.32 Å². The van der Waals surface area contributed by atoms with E-state index in [0.29, 0.717) is 4.47 Å². The maximum Gasteiger partial charge on any atom is 0.337 e. The highest BCUT2D eigenvalue weighted by Crippen LogP contribution is 2.22. The Morgan fingerprint density at radius 1 is 1.25 bits per heavy atom. The molecule has 1 amide bonds.